The Morgan fingerprint density at radius 1 is 1.38 bits per heavy atom. The molecule has 0 aliphatic rings. The lowest BCUT2D eigenvalue weighted by molar-refractivity contribution is -0.166. The summed E-state index contributed by atoms with van der Waals surface area (Å²) in [4.78, 5) is 10.9. The molecule has 4 heteroatoms. The molecule has 1 aromatic carbocycles. The quantitative estimate of drug-likeness (QED) is 0.521. The lowest BCUT2D eigenvalue weighted by Crippen LogP contribution is -2.32. The topological polar surface area (TPSA) is 66.6 Å². The van der Waals surface area contributed by atoms with E-state index >= 15 is 0 Å². The molecule has 1 aromatic rings. The van der Waals surface area contributed by atoms with Crippen LogP contribution in [0.25, 0.3) is 0 Å². The molecular weight excluding hydrogens is 168 g/mol. The fraction of sp³-hybridized carbons (Fsp3) is 0.222. The standard InChI is InChI=1S/C9H12N2O2/c10-6-9(12)11(13)7-8-4-2-1-3-5-8/h1-5,13H,6-7,10H2. The number of hydrogen-bond donors (Lipinski definition) is 2. The summed E-state index contributed by atoms with van der Waals surface area (Å²) in [7, 11) is 0. The van der Waals surface area contributed by atoms with E-state index in [9.17, 15) is 10.0 Å². The second-order valence-electron chi connectivity index (χ2n) is 2.64. The number of benzene rings is 1. The molecule has 70 valence electrons. The van der Waals surface area contributed by atoms with Gasteiger partial charge in [-0.2, -0.15) is 0 Å². The second-order valence-corrected chi connectivity index (χ2v) is 2.64. The van der Waals surface area contributed by atoms with Gasteiger partial charge in [0.25, 0.3) is 5.91 Å². The minimum atomic E-state index is -0.483. The van der Waals surface area contributed by atoms with Crippen LogP contribution >= 0.6 is 0 Å². The summed E-state index contributed by atoms with van der Waals surface area (Å²) in [6.45, 7) is 0.000205. The Hall–Kier alpha value is -1.39. The predicted molar refractivity (Wildman–Crippen MR) is 47.8 cm³/mol. The fourth-order valence-corrected chi connectivity index (χ4v) is 0.950. The summed E-state index contributed by atoms with van der Waals surface area (Å²) in [6, 6.07) is 9.21. The molecule has 13 heavy (non-hydrogen) atoms. The van der Waals surface area contributed by atoms with Crippen molar-refractivity contribution in [3.05, 3.63) is 35.9 Å². The molecule has 0 spiro atoms. The molecular formula is C9H12N2O2. The van der Waals surface area contributed by atoms with Gasteiger partial charge in [-0.25, -0.2) is 5.06 Å². The first kappa shape index (κ1) is 9.70. The molecule has 1 rings (SSSR count). The van der Waals surface area contributed by atoms with Crippen LogP contribution in [0.15, 0.2) is 30.3 Å². The highest BCUT2D eigenvalue weighted by atomic mass is 16.5. The first-order chi connectivity index (χ1) is 6.24. The van der Waals surface area contributed by atoms with Crippen molar-refractivity contribution in [3.63, 3.8) is 0 Å². The number of carbonyl (C=O) groups excluding carboxylic acids is 1. The molecule has 0 bridgehead atoms. The molecule has 0 saturated heterocycles. The number of hydrogen-bond acceptors (Lipinski definition) is 3. The number of hydroxylamine groups is 2. The van der Waals surface area contributed by atoms with Gasteiger partial charge in [0.15, 0.2) is 0 Å². The highest BCUT2D eigenvalue weighted by Crippen LogP contribution is 2.01. The maximum absolute atomic E-state index is 10.9. The lowest BCUT2D eigenvalue weighted by Gasteiger charge is -2.13. The molecule has 0 heterocycles. The fourth-order valence-electron chi connectivity index (χ4n) is 0.950. The molecule has 3 N–H and O–H groups in total. The molecule has 0 radical (unpaired) electrons. The molecule has 1 amide bonds. The van der Waals surface area contributed by atoms with Crippen molar-refractivity contribution in [1.82, 2.24) is 5.06 Å². The Bertz CT molecular complexity index is 274. The summed E-state index contributed by atoms with van der Waals surface area (Å²) < 4.78 is 0. The highest BCUT2D eigenvalue weighted by molar-refractivity contribution is 5.76. The summed E-state index contributed by atoms with van der Waals surface area (Å²) in [6.07, 6.45) is 0. The average Bonchev–Trinajstić information content (AvgIpc) is 2.18. The Morgan fingerprint density at radius 2 is 2.00 bits per heavy atom. The second kappa shape index (κ2) is 4.59. The van der Waals surface area contributed by atoms with Crippen molar-refractivity contribution in [3.8, 4) is 0 Å². The molecule has 4 nitrogen and oxygen atoms in total. The third-order valence-corrected chi connectivity index (χ3v) is 1.64. The highest BCUT2D eigenvalue weighted by Gasteiger charge is 2.07. The third kappa shape index (κ3) is 2.85. The van der Waals surface area contributed by atoms with Gasteiger partial charge in [0.2, 0.25) is 0 Å². The van der Waals surface area contributed by atoms with Crippen molar-refractivity contribution in [2.75, 3.05) is 6.54 Å². The normalized spacial score (nSPS) is 9.69. The van der Waals surface area contributed by atoms with E-state index in [4.69, 9.17) is 5.73 Å². The van der Waals surface area contributed by atoms with E-state index in [0.717, 1.165) is 5.56 Å². The summed E-state index contributed by atoms with van der Waals surface area (Å²) >= 11 is 0. The van der Waals surface area contributed by atoms with Crippen molar-refractivity contribution in [2.45, 2.75) is 6.54 Å². The van der Waals surface area contributed by atoms with Crippen LogP contribution in [0.4, 0.5) is 0 Å². The summed E-state index contributed by atoms with van der Waals surface area (Å²) in [5.41, 5.74) is 5.94. The van der Waals surface area contributed by atoms with Crippen LogP contribution in [0, 0.1) is 0 Å². The van der Waals surface area contributed by atoms with Crippen LogP contribution in [0.3, 0.4) is 0 Å². The first-order valence-corrected chi connectivity index (χ1v) is 3.97. The Morgan fingerprint density at radius 3 is 2.54 bits per heavy atom. The van der Waals surface area contributed by atoms with Crippen molar-refractivity contribution in [1.29, 1.82) is 0 Å². The minimum Gasteiger partial charge on any atom is -0.322 e. The SMILES string of the molecule is NCC(=O)N(O)Cc1ccccc1. The van der Waals surface area contributed by atoms with Gasteiger partial charge in [0.05, 0.1) is 13.1 Å². The van der Waals surface area contributed by atoms with Crippen molar-refractivity contribution in [2.24, 2.45) is 5.73 Å². The number of amides is 1. The van der Waals surface area contributed by atoms with E-state index in [1.54, 1.807) is 0 Å². The molecule has 0 aliphatic carbocycles. The molecule has 0 unspecified atom stereocenters. The number of nitrogens with two attached hydrogens (primary N) is 1. The molecule has 0 atom stereocenters. The average molecular weight is 180 g/mol. The van der Waals surface area contributed by atoms with Gasteiger partial charge in [0.1, 0.15) is 0 Å². The van der Waals surface area contributed by atoms with Crippen LogP contribution in [-0.2, 0) is 11.3 Å². The number of rotatable bonds is 3. The van der Waals surface area contributed by atoms with E-state index in [1.807, 2.05) is 30.3 Å². The number of carbonyl (C=O) groups is 1. The maximum Gasteiger partial charge on any atom is 0.259 e. The maximum atomic E-state index is 10.9. The Labute approximate surface area is 76.5 Å². The number of nitrogens with zero attached hydrogens (tertiary/aromatic N) is 1. The smallest absolute Gasteiger partial charge is 0.259 e. The zero-order valence-electron chi connectivity index (χ0n) is 7.18. The van der Waals surface area contributed by atoms with Crippen LogP contribution in [0.2, 0.25) is 0 Å². The van der Waals surface area contributed by atoms with Gasteiger partial charge >= 0.3 is 0 Å². The van der Waals surface area contributed by atoms with Crippen molar-refractivity contribution >= 4 is 5.91 Å². The zero-order chi connectivity index (χ0) is 9.68. The van der Waals surface area contributed by atoms with E-state index in [1.165, 1.54) is 0 Å². The van der Waals surface area contributed by atoms with Gasteiger partial charge in [0, 0.05) is 0 Å². The lowest BCUT2D eigenvalue weighted by atomic mass is 10.2. The van der Waals surface area contributed by atoms with Gasteiger partial charge in [-0.15, -0.1) is 0 Å². The van der Waals surface area contributed by atoms with E-state index in [-0.39, 0.29) is 13.1 Å². The van der Waals surface area contributed by atoms with Crippen molar-refractivity contribution < 1.29 is 10.0 Å². The third-order valence-electron chi connectivity index (χ3n) is 1.64. The van der Waals surface area contributed by atoms with E-state index < -0.39 is 5.91 Å². The van der Waals surface area contributed by atoms with Crippen LogP contribution in [0.5, 0.6) is 0 Å². The van der Waals surface area contributed by atoms with Gasteiger partial charge in [-0.05, 0) is 5.56 Å². The Balaban J connectivity index is 2.55. The predicted octanol–water partition coefficient (Wildman–Crippen LogP) is 0.363. The summed E-state index contributed by atoms with van der Waals surface area (Å²) in [5, 5.41) is 9.80. The monoisotopic (exact) mass is 180 g/mol. The van der Waals surface area contributed by atoms with E-state index in [0.29, 0.717) is 5.06 Å². The van der Waals surface area contributed by atoms with Gasteiger partial charge in [-0.3, -0.25) is 10.0 Å². The van der Waals surface area contributed by atoms with Crippen LogP contribution < -0.4 is 5.73 Å². The molecule has 0 aliphatic heterocycles. The molecule has 0 saturated carbocycles. The minimum absolute atomic E-state index is 0.177. The van der Waals surface area contributed by atoms with Gasteiger partial charge in [-0.1, -0.05) is 30.3 Å². The zero-order valence-corrected chi connectivity index (χ0v) is 7.18. The Kier molecular flexibility index (Phi) is 3.42. The van der Waals surface area contributed by atoms with Crippen LogP contribution in [-0.4, -0.2) is 22.7 Å². The largest absolute Gasteiger partial charge is 0.322 e. The van der Waals surface area contributed by atoms with E-state index in [2.05, 4.69) is 0 Å². The molecule has 0 aromatic heterocycles. The van der Waals surface area contributed by atoms with Crippen LogP contribution in [0.1, 0.15) is 5.56 Å². The summed E-state index contributed by atoms with van der Waals surface area (Å²) in [5.74, 6) is -0.483. The molecule has 0 fully saturated rings. The van der Waals surface area contributed by atoms with Gasteiger partial charge < -0.3 is 5.73 Å². The first-order valence-electron chi connectivity index (χ1n) is 3.97.